The molecule has 0 aliphatic heterocycles. The SMILES string of the molecule is [2H]c1nccc2cc(NC(=O)C(CN)c3ccc(COC(=O)c4ccc(C)cc4C)cc3)ccc12. The lowest BCUT2D eigenvalue weighted by molar-refractivity contribution is -0.117. The quantitative estimate of drug-likeness (QED) is 0.388. The first kappa shape index (κ1) is 21.8. The highest BCUT2D eigenvalue weighted by Crippen LogP contribution is 2.22. The van der Waals surface area contributed by atoms with Gasteiger partial charge in [-0.05, 0) is 60.2 Å². The Morgan fingerprint density at radius 3 is 2.56 bits per heavy atom. The summed E-state index contributed by atoms with van der Waals surface area (Å²) in [4.78, 5) is 29.3. The predicted molar refractivity (Wildman–Crippen MR) is 134 cm³/mol. The van der Waals surface area contributed by atoms with Crippen molar-refractivity contribution in [3.8, 4) is 0 Å². The van der Waals surface area contributed by atoms with E-state index < -0.39 is 5.92 Å². The number of fused-ring (bicyclic) bond motifs is 1. The summed E-state index contributed by atoms with van der Waals surface area (Å²) in [5.41, 5.74) is 10.7. The fraction of sp³-hybridized carbons (Fsp3) is 0.179. The highest BCUT2D eigenvalue weighted by molar-refractivity contribution is 5.98. The van der Waals surface area contributed by atoms with E-state index in [0.717, 1.165) is 33.0 Å². The second-order valence-corrected chi connectivity index (χ2v) is 8.27. The summed E-state index contributed by atoms with van der Waals surface area (Å²) < 4.78 is 13.3. The molecule has 0 aliphatic rings. The van der Waals surface area contributed by atoms with Crippen molar-refractivity contribution in [3.05, 3.63) is 107 Å². The molecule has 0 radical (unpaired) electrons. The Hall–Kier alpha value is -4.03. The Balaban J connectivity index is 1.40. The number of aryl methyl sites for hydroxylation is 2. The maximum atomic E-state index is 12.9. The molecule has 0 saturated carbocycles. The van der Waals surface area contributed by atoms with Crippen molar-refractivity contribution in [3.63, 3.8) is 0 Å². The summed E-state index contributed by atoms with van der Waals surface area (Å²) in [6, 6.07) is 20.1. The zero-order valence-corrected chi connectivity index (χ0v) is 19.2. The van der Waals surface area contributed by atoms with Gasteiger partial charge < -0.3 is 15.8 Å². The van der Waals surface area contributed by atoms with Crippen LogP contribution < -0.4 is 11.1 Å². The van der Waals surface area contributed by atoms with Crippen molar-refractivity contribution in [2.24, 2.45) is 5.73 Å². The van der Waals surface area contributed by atoms with Crippen molar-refractivity contribution >= 4 is 28.3 Å². The molecule has 4 aromatic rings. The number of rotatable bonds is 7. The van der Waals surface area contributed by atoms with Gasteiger partial charge in [0.05, 0.1) is 12.9 Å². The number of carbonyl (C=O) groups is 2. The van der Waals surface area contributed by atoms with Gasteiger partial charge >= 0.3 is 5.97 Å². The molecule has 4 rings (SSSR count). The van der Waals surface area contributed by atoms with Crippen molar-refractivity contribution in [2.45, 2.75) is 26.4 Å². The number of nitrogens with two attached hydrogens (primary N) is 1. The Morgan fingerprint density at radius 1 is 1.03 bits per heavy atom. The number of pyridine rings is 1. The summed E-state index contributed by atoms with van der Waals surface area (Å²) >= 11 is 0. The van der Waals surface area contributed by atoms with Gasteiger partial charge in [0, 0.05) is 30.0 Å². The van der Waals surface area contributed by atoms with Crippen LogP contribution >= 0.6 is 0 Å². The molecule has 3 aromatic carbocycles. The largest absolute Gasteiger partial charge is 0.457 e. The van der Waals surface area contributed by atoms with Gasteiger partial charge in [-0.2, -0.15) is 0 Å². The first-order valence-electron chi connectivity index (χ1n) is 11.5. The van der Waals surface area contributed by atoms with E-state index >= 15 is 0 Å². The minimum atomic E-state index is -0.540. The van der Waals surface area contributed by atoms with Crippen molar-refractivity contribution in [2.75, 3.05) is 11.9 Å². The molecule has 1 amide bonds. The first-order chi connectivity index (χ1) is 16.9. The minimum Gasteiger partial charge on any atom is -0.457 e. The molecule has 0 bridgehead atoms. The maximum absolute atomic E-state index is 12.9. The molecule has 3 N–H and O–H groups in total. The van der Waals surface area contributed by atoms with E-state index in [-0.39, 0.29) is 31.2 Å². The fourth-order valence-electron chi connectivity index (χ4n) is 3.84. The summed E-state index contributed by atoms with van der Waals surface area (Å²) in [6.45, 7) is 4.14. The standard InChI is InChI=1S/C28H27N3O3/c1-18-3-10-25(19(2)13-18)28(33)34-17-20-4-6-21(7-5-20)26(15-29)27(32)31-24-9-8-23-16-30-12-11-22(23)14-24/h3-14,16,26H,15,17,29H2,1-2H3,(H,31,32)/i16D. The number of aromatic nitrogens is 1. The molecular formula is C28H27N3O3. The summed E-state index contributed by atoms with van der Waals surface area (Å²) in [5.74, 6) is -1.13. The number of ether oxygens (including phenoxy) is 1. The van der Waals surface area contributed by atoms with E-state index in [9.17, 15) is 9.59 Å². The van der Waals surface area contributed by atoms with E-state index in [1.54, 1.807) is 30.5 Å². The number of benzene rings is 3. The van der Waals surface area contributed by atoms with Crippen molar-refractivity contribution in [1.82, 2.24) is 4.98 Å². The molecule has 6 heteroatoms. The van der Waals surface area contributed by atoms with Crippen LogP contribution in [-0.4, -0.2) is 23.4 Å². The molecule has 0 fully saturated rings. The van der Waals surface area contributed by atoms with Gasteiger partial charge in [-0.25, -0.2) is 4.79 Å². The highest BCUT2D eigenvalue weighted by atomic mass is 16.5. The molecule has 1 aromatic heterocycles. The normalized spacial score (nSPS) is 12.1. The van der Waals surface area contributed by atoms with Gasteiger partial charge in [0.1, 0.15) is 6.61 Å². The van der Waals surface area contributed by atoms with Crippen LogP contribution in [0.2, 0.25) is 0 Å². The van der Waals surface area contributed by atoms with Gasteiger partial charge in [-0.3, -0.25) is 9.78 Å². The van der Waals surface area contributed by atoms with Crippen molar-refractivity contribution < 1.29 is 15.7 Å². The number of anilines is 1. The number of carbonyl (C=O) groups excluding carboxylic acids is 2. The monoisotopic (exact) mass is 454 g/mol. The van der Waals surface area contributed by atoms with Gasteiger partial charge in [-0.15, -0.1) is 0 Å². The van der Waals surface area contributed by atoms with Gasteiger partial charge in [0.15, 0.2) is 0 Å². The number of hydrogen-bond donors (Lipinski definition) is 2. The molecule has 1 heterocycles. The second-order valence-electron chi connectivity index (χ2n) is 8.27. The molecule has 0 aliphatic carbocycles. The van der Waals surface area contributed by atoms with Gasteiger partial charge in [-0.1, -0.05) is 48.0 Å². The lowest BCUT2D eigenvalue weighted by Gasteiger charge is -2.16. The molecule has 0 spiro atoms. The third kappa shape index (κ3) is 5.30. The molecule has 6 nitrogen and oxygen atoms in total. The zero-order valence-electron chi connectivity index (χ0n) is 20.2. The topological polar surface area (TPSA) is 94.3 Å². The van der Waals surface area contributed by atoms with Crippen LogP contribution in [0.15, 0.2) is 79.1 Å². The van der Waals surface area contributed by atoms with E-state index in [2.05, 4.69) is 10.3 Å². The average Bonchev–Trinajstić information content (AvgIpc) is 2.84. The fourth-order valence-corrected chi connectivity index (χ4v) is 3.84. The third-order valence-electron chi connectivity index (χ3n) is 5.74. The number of nitrogens with one attached hydrogen (secondary N) is 1. The predicted octanol–water partition coefficient (Wildman–Crippen LogP) is 4.89. The Kier molecular flexibility index (Phi) is 6.59. The minimum absolute atomic E-state index is 0.135. The molecule has 1 atom stereocenters. The van der Waals surface area contributed by atoms with E-state index in [1.165, 1.54) is 0 Å². The zero-order chi connectivity index (χ0) is 24.9. The van der Waals surface area contributed by atoms with Gasteiger partial charge in [0.2, 0.25) is 5.91 Å². The highest BCUT2D eigenvalue weighted by Gasteiger charge is 2.19. The smallest absolute Gasteiger partial charge is 0.338 e. The van der Waals surface area contributed by atoms with Crippen LogP contribution in [0.1, 0.15) is 39.9 Å². The summed E-state index contributed by atoms with van der Waals surface area (Å²) in [7, 11) is 0. The van der Waals surface area contributed by atoms with E-state index in [1.807, 2.05) is 56.3 Å². The van der Waals surface area contributed by atoms with Crippen LogP contribution in [-0.2, 0) is 16.1 Å². The Labute approximate surface area is 200 Å². The average molecular weight is 455 g/mol. The van der Waals surface area contributed by atoms with Crippen LogP contribution in [0.5, 0.6) is 0 Å². The Bertz CT molecular complexity index is 1390. The number of amides is 1. The number of nitrogens with zero attached hydrogens (tertiary/aromatic N) is 1. The molecular weight excluding hydrogens is 426 g/mol. The first-order valence-corrected chi connectivity index (χ1v) is 11.0. The molecule has 172 valence electrons. The van der Waals surface area contributed by atoms with Crippen molar-refractivity contribution in [1.29, 1.82) is 0 Å². The molecule has 1 unspecified atom stereocenters. The Morgan fingerprint density at radius 2 is 1.82 bits per heavy atom. The van der Waals surface area contributed by atoms with Gasteiger partial charge in [0.25, 0.3) is 0 Å². The summed E-state index contributed by atoms with van der Waals surface area (Å²) in [5, 5.41) is 4.46. The summed E-state index contributed by atoms with van der Waals surface area (Å²) in [6.07, 6.45) is 1.76. The molecule has 0 saturated heterocycles. The maximum Gasteiger partial charge on any atom is 0.338 e. The number of esters is 1. The third-order valence-corrected chi connectivity index (χ3v) is 5.74. The van der Waals surface area contributed by atoms with Crippen LogP contribution in [0.25, 0.3) is 10.8 Å². The lowest BCUT2D eigenvalue weighted by Crippen LogP contribution is -2.27. The molecule has 34 heavy (non-hydrogen) atoms. The number of hydrogen-bond acceptors (Lipinski definition) is 5. The van der Waals surface area contributed by atoms with Crippen LogP contribution in [0.4, 0.5) is 5.69 Å². The lowest BCUT2D eigenvalue weighted by atomic mass is 9.97. The van der Waals surface area contributed by atoms with E-state index in [0.29, 0.717) is 11.3 Å². The van der Waals surface area contributed by atoms with E-state index in [4.69, 9.17) is 11.8 Å². The second kappa shape index (κ2) is 10.3. The van der Waals surface area contributed by atoms with Crippen LogP contribution in [0.3, 0.4) is 0 Å². The van der Waals surface area contributed by atoms with Crippen LogP contribution in [0, 0.1) is 13.8 Å².